The van der Waals surface area contributed by atoms with Crippen LogP contribution >= 0.6 is 11.3 Å². The highest BCUT2D eigenvalue weighted by atomic mass is 32.1. The summed E-state index contributed by atoms with van der Waals surface area (Å²) < 4.78 is 23.4. The van der Waals surface area contributed by atoms with Crippen molar-refractivity contribution in [2.24, 2.45) is 5.92 Å². The number of nitrogens with zero attached hydrogens (tertiary/aromatic N) is 6. The van der Waals surface area contributed by atoms with Crippen molar-refractivity contribution in [1.82, 2.24) is 46.1 Å². The molecule has 58 heavy (non-hydrogen) atoms. The molecule has 0 unspecified atom stereocenters. The summed E-state index contributed by atoms with van der Waals surface area (Å²) in [7, 11) is 3.08. The van der Waals surface area contributed by atoms with Gasteiger partial charge in [0.15, 0.2) is 11.5 Å². The molecule has 0 spiro atoms. The van der Waals surface area contributed by atoms with E-state index in [1.54, 1.807) is 19.2 Å². The van der Waals surface area contributed by atoms with Crippen molar-refractivity contribution in [2.45, 2.75) is 100 Å². The van der Waals surface area contributed by atoms with Gasteiger partial charge in [-0.15, -0.1) is 16.4 Å². The number of carbonyl (C=O) groups excluding carboxylic acids is 4. The number of aromatic nitrogens is 6. The number of thiophene rings is 1. The number of allylic oxidation sites excluding steroid dienone is 1. The van der Waals surface area contributed by atoms with Crippen LogP contribution in [0.1, 0.15) is 70.6 Å². The van der Waals surface area contributed by atoms with Gasteiger partial charge in [-0.05, 0) is 68.0 Å². The van der Waals surface area contributed by atoms with Crippen molar-refractivity contribution in [3.05, 3.63) is 41.8 Å². The quantitative estimate of drug-likeness (QED) is 0.173. The summed E-state index contributed by atoms with van der Waals surface area (Å²) in [5.74, 6) is -0.656. The molecule has 2 aliphatic carbocycles. The van der Waals surface area contributed by atoms with E-state index in [1.165, 1.54) is 23.3 Å². The number of hydrogen-bond acceptors (Lipinski definition) is 14. The Balaban J connectivity index is 1.12. The number of tetrazole rings is 1. The molecule has 3 fully saturated rings. The number of alkyl carbamates (subject to hydrolysis) is 1. The summed E-state index contributed by atoms with van der Waals surface area (Å²) in [5, 5.41) is 24.0. The van der Waals surface area contributed by atoms with Crippen LogP contribution in [0.4, 0.5) is 10.7 Å². The Kier molecular flexibility index (Phi) is 11.4. The lowest BCUT2D eigenvalue weighted by molar-refractivity contribution is -0.141. The van der Waals surface area contributed by atoms with E-state index in [0.29, 0.717) is 47.5 Å². The number of amides is 4. The van der Waals surface area contributed by atoms with Gasteiger partial charge in [-0.25, -0.2) is 14.8 Å². The topological polar surface area (TPSA) is 225 Å². The average molecular weight is 815 g/mol. The lowest BCUT2D eigenvalue weighted by atomic mass is 10.0. The molecule has 1 saturated heterocycles. The molecule has 2 saturated carbocycles. The van der Waals surface area contributed by atoms with Crippen molar-refractivity contribution >= 4 is 52.1 Å². The number of H-pyrrole nitrogens is 1. The average Bonchev–Trinajstić information content (AvgIpc) is 3.90. The predicted octanol–water partition coefficient (Wildman–Crippen LogP) is 4.31. The largest absolute Gasteiger partial charge is 0.493 e. The molecule has 19 heteroatoms. The van der Waals surface area contributed by atoms with Crippen molar-refractivity contribution in [1.29, 1.82) is 0 Å². The van der Waals surface area contributed by atoms with E-state index in [2.05, 4.69) is 36.6 Å². The molecule has 0 radical (unpaired) electrons. The van der Waals surface area contributed by atoms with E-state index in [1.807, 2.05) is 29.7 Å². The summed E-state index contributed by atoms with van der Waals surface area (Å²) in [4.78, 5) is 68.4. The number of nitrogens with one attached hydrogen (secondary N) is 4. The predicted molar refractivity (Wildman–Crippen MR) is 210 cm³/mol. The van der Waals surface area contributed by atoms with Crippen LogP contribution in [0.5, 0.6) is 17.4 Å². The second kappa shape index (κ2) is 16.9. The van der Waals surface area contributed by atoms with Crippen molar-refractivity contribution < 1.29 is 38.1 Å². The zero-order chi connectivity index (χ0) is 40.2. The van der Waals surface area contributed by atoms with E-state index in [-0.39, 0.29) is 36.8 Å². The minimum atomic E-state index is -1.32. The SMILES string of the molecule is COc1cc2nc(O[C@@H]3C[C@H]4C(=O)N[C@]5(C(=O)Nc6nn[nH]n6)C[C@@H]5/C=C\CCCCC[C@H](NC(=O)OC5CCCC5)C(=O)N4C3)c(-c3cccs3)nc2cc1OC. The van der Waals surface area contributed by atoms with Gasteiger partial charge in [0.2, 0.25) is 17.7 Å². The van der Waals surface area contributed by atoms with Gasteiger partial charge < -0.3 is 34.5 Å². The van der Waals surface area contributed by atoms with Gasteiger partial charge in [0, 0.05) is 24.5 Å². The number of ether oxygens (including phenoxy) is 4. The van der Waals surface area contributed by atoms with Gasteiger partial charge in [0.25, 0.3) is 11.9 Å². The minimum Gasteiger partial charge on any atom is -0.493 e. The number of benzene rings is 1. The van der Waals surface area contributed by atoms with Gasteiger partial charge in [0.05, 0.1) is 36.7 Å². The smallest absolute Gasteiger partial charge is 0.408 e. The second-order valence-electron chi connectivity index (χ2n) is 15.1. The molecule has 3 aromatic heterocycles. The van der Waals surface area contributed by atoms with E-state index in [0.717, 1.165) is 49.8 Å². The van der Waals surface area contributed by atoms with Crippen molar-refractivity contribution in [2.75, 3.05) is 26.1 Å². The molecule has 8 rings (SSSR count). The number of rotatable bonds is 9. The highest BCUT2D eigenvalue weighted by Gasteiger charge is 2.61. The zero-order valence-electron chi connectivity index (χ0n) is 32.3. The summed E-state index contributed by atoms with van der Waals surface area (Å²) in [6, 6.07) is 5.23. The number of fused-ring (bicyclic) bond motifs is 3. The number of aromatic amines is 1. The lowest BCUT2D eigenvalue weighted by Crippen LogP contribution is -2.57. The summed E-state index contributed by atoms with van der Waals surface area (Å²) in [6.45, 7) is -0.00626. The fourth-order valence-corrected chi connectivity index (χ4v) is 8.81. The van der Waals surface area contributed by atoms with Gasteiger partial charge in [-0.1, -0.05) is 36.2 Å². The minimum absolute atomic E-state index is 0.00626. The monoisotopic (exact) mass is 814 g/mol. The molecule has 5 heterocycles. The van der Waals surface area contributed by atoms with E-state index in [9.17, 15) is 19.2 Å². The van der Waals surface area contributed by atoms with Crippen LogP contribution in [0.15, 0.2) is 41.8 Å². The Morgan fingerprint density at radius 3 is 2.48 bits per heavy atom. The van der Waals surface area contributed by atoms with Gasteiger partial charge in [-0.3, -0.25) is 19.7 Å². The number of anilines is 1. The standard InChI is InChI=1S/C39H46N10O8S/c1-54-29-18-26-27(19-30(29)55-2)41-34(32(40-26)31-15-10-16-58-31)56-24-17-28-33(50)44-39(36(52)43-37-45-47-48-46-37)20-22(39)11-6-4-3-5-7-14-25(35(51)49(28)21-24)42-38(53)57-23-12-8-9-13-23/h6,10-11,15-16,18-19,22-25,28H,3-5,7-9,12-14,17,20-21H2,1-2H3,(H,42,53)(H,44,50)(H2,43,45,46,47,48,52)/b11-6-/t22-,24+,25-,28-,39+/m0/s1. The normalized spacial score (nSPS) is 25.7. The van der Waals surface area contributed by atoms with Crippen LogP contribution in [-0.2, 0) is 19.1 Å². The Morgan fingerprint density at radius 2 is 1.76 bits per heavy atom. The summed E-state index contributed by atoms with van der Waals surface area (Å²) >= 11 is 1.46. The van der Waals surface area contributed by atoms with E-state index >= 15 is 0 Å². The lowest BCUT2D eigenvalue weighted by Gasteiger charge is -2.30. The maximum absolute atomic E-state index is 14.7. The molecule has 5 atom stereocenters. The van der Waals surface area contributed by atoms with E-state index < -0.39 is 47.5 Å². The highest BCUT2D eigenvalue weighted by molar-refractivity contribution is 7.13. The third kappa shape index (κ3) is 8.25. The Morgan fingerprint density at radius 1 is 0.983 bits per heavy atom. The molecule has 4 N–H and O–H groups in total. The second-order valence-corrected chi connectivity index (χ2v) is 16.0. The third-order valence-corrected chi connectivity index (χ3v) is 12.1. The maximum Gasteiger partial charge on any atom is 0.408 e. The van der Waals surface area contributed by atoms with Crippen molar-refractivity contribution in [3.63, 3.8) is 0 Å². The zero-order valence-corrected chi connectivity index (χ0v) is 33.1. The third-order valence-electron chi connectivity index (χ3n) is 11.3. The van der Waals surface area contributed by atoms with Crippen LogP contribution in [0.25, 0.3) is 21.6 Å². The first-order chi connectivity index (χ1) is 28.2. The van der Waals surface area contributed by atoms with Crippen LogP contribution in [0.2, 0.25) is 0 Å². The number of carbonyl (C=O) groups is 4. The molecule has 306 valence electrons. The summed E-state index contributed by atoms with van der Waals surface area (Å²) in [5.41, 5.74) is 0.204. The number of hydrogen-bond donors (Lipinski definition) is 4. The molecule has 1 aromatic carbocycles. The highest BCUT2D eigenvalue weighted by Crippen LogP contribution is 2.46. The van der Waals surface area contributed by atoms with Crippen LogP contribution < -0.4 is 30.2 Å². The van der Waals surface area contributed by atoms with Crippen molar-refractivity contribution in [3.8, 4) is 28.0 Å². The molecular weight excluding hydrogens is 769 g/mol. The fraction of sp³-hybridized carbons (Fsp3) is 0.513. The first-order valence-electron chi connectivity index (χ1n) is 19.7. The molecule has 4 aliphatic rings. The Hall–Kier alpha value is -5.85. The molecule has 2 aliphatic heterocycles. The summed E-state index contributed by atoms with van der Waals surface area (Å²) in [6.07, 6.45) is 9.71. The van der Waals surface area contributed by atoms with Gasteiger partial charge in [-0.2, -0.15) is 5.21 Å². The molecule has 4 aromatic rings. The van der Waals surface area contributed by atoms with Gasteiger partial charge in [0.1, 0.15) is 35.5 Å². The van der Waals surface area contributed by atoms with Crippen LogP contribution in [-0.4, -0.2) is 110 Å². The fourth-order valence-electron chi connectivity index (χ4n) is 8.11. The number of methoxy groups -OCH3 is 2. The molecule has 0 bridgehead atoms. The Labute approximate surface area is 337 Å². The van der Waals surface area contributed by atoms with Crippen LogP contribution in [0.3, 0.4) is 0 Å². The van der Waals surface area contributed by atoms with E-state index in [4.69, 9.17) is 28.9 Å². The van der Waals surface area contributed by atoms with Gasteiger partial charge >= 0.3 is 6.09 Å². The first-order valence-corrected chi connectivity index (χ1v) is 20.6. The molecular formula is C39H46N10O8S. The maximum atomic E-state index is 14.7. The Bertz CT molecular complexity index is 2160. The first kappa shape index (κ1) is 39.0. The van der Waals surface area contributed by atoms with Crippen LogP contribution in [0, 0.1) is 5.92 Å². The molecule has 4 amide bonds. The molecule has 18 nitrogen and oxygen atoms in total.